The summed E-state index contributed by atoms with van der Waals surface area (Å²) in [6.07, 6.45) is 2.80. The van der Waals surface area contributed by atoms with Crippen molar-refractivity contribution in [3.05, 3.63) is 48.3 Å². The lowest BCUT2D eigenvalue weighted by Gasteiger charge is -2.39. The number of hydrogen-bond acceptors (Lipinski definition) is 4. The predicted molar refractivity (Wildman–Crippen MR) is 99.5 cm³/mol. The SMILES string of the molecule is C=CCN1CCC(NC(=O)[C@@H]2OCC(=O)N(C)[C@@H]2c2ccc(F)cc2)CC1. The average molecular weight is 375 g/mol. The van der Waals surface area contributed by atoms with E-state index in [0.29, 0.717) is 5.56 Å². The summed E-state index contributed by atoms with van der Waals surface area (Å²) in [7, 11) is 1.65. The second-order valence-electron chi connectivity index (χ2n) is 7.10. The second-order valence-corrected chi connectivity index (χ2v) is 7.10. The highest BCUT2D eigenvalue weighted by Crippen LogP contribution is 2.29. The molecule has 0 radical (unpaired) electrons. The highest BCUT2D eigenvalue weighted by molar-refractivity contribution is 5.86. The van der Waals surface area contributed by atoms with Gasteiger partial charge in [-0.25, -0.2) is 4.39 Å². The maximum atomic E-state index is 13.3. The van der Waals surface area contributed by atoms with Crippen LogP contribution >= 0.6 is 0 Å². The van der Waals surface area contributed by atoms with Gasteiger partial charge in [-0.2, -0.15) is 0 Å². The van der Waals surface area contributed by atoms with Gasteiger partial charge in [0.25, 0.3) is 5.91 Å². The van der Waals surface area contributed by atoms with E-state index in [1.54, 1.807) is 19.2 Å². The summed E-state index contributed by atoms with van der Waals surface area (Å²) in [5.41, 5.74) is 0.674. The Kier molecular flexibility index (Phi) is 6.23. The number of ether oxygens (including phenoxy) is 1. The molecule has 6 nitrogen and oxygen atoms in total. The van der Waals surface area contributed by atoms with Crippen molar-refractivity contribution in [3.8, 4) is 0 Å². The van der Waals surface area contributed by atoms with Crippen molar-refractivity contribution in [1.29, 1.82) is 0 Å². The van der Waals surface area contributed by atoms with E-state index in [9.17, 15) is 14.0 Å². The number of likely N-dealkylation sites (tertiary alicyclic amines) is 1. The number of rotatable bonds is 5. The van der Waals surface area contributed by atoms with Crippen molar-refractivity contribution in [2.24, 2.45) is 0 Å². The van der Waals surface area contributed by atoms with Crippen molar-refractivity contribution in [2.45, 2.75) is 31.0 Å². The number of benzene rings is 1. The lowest BCUT2D eigenvalue weighted by molar-refractivity contribution is -0.162. The first-order valence-electron chi connectivity index (χ1n) is 9.26. The summed E-state index contributed by atoms with van der Waals surface area (Å²) in [5, 5.41) is 3.07. The van der Waals surface area contributed by atoms with Crippen molar-refractivity contribution in [2.75, 3.05) is 33.3 Å². The number of amides is 2. The fourth-order valence-electron chi connectivity index (χ4n) is 3.72. The first-order chi connectivity index (χ1) is 13.0. The van der Waals surface area contributed by atoms with Gasteiger partial charge in [0, 0.05) is 32.7 Å². The van der Waals surface area contributed by atoms with E-state index in [4.69, 9.17) is 4.74 Å². The largest absolute Gasteiger partial charge is 0.356 e. The van der Waals surface area contributed by atoms with Crippen LogP contribution in [0.15, 0.2) is 36.9 Å². The number of carbonyl (C=O) groups is 2. The van der Waals surface area contributed by atoms with E-state index in [0.717, 1.165) is 32.5 Å². The Morgan fingerprint density at radius 1 is 1.33 bits per heavy atom. The van der Waals surface area contributed by atoms with Gasteiger partial charge in [0.2, 0.25) is 5.91 Å². The topological polar surface area (TPSA) is 61.9 Å². The quantitative estimate of drug-likeness (QED) is 0.792. The van der Waals surface area contributed by atoms with E-state index in [2.05, 4.69) is 16.8 Å². The Morgan fingerprint density at radius 3 is 2.63 bits per heavy atom. The van der Waals surface area contributed by atoms with Gasteiger partial charge < -0.3 is 15.0 Å². The molecule has 2 atom stereocenters. The minimum absolute atomic E-state index is 0.0824. The Bertz CT molecular complexity index is 686. The van der Waals surface area contributed by atoms with Crippen LogP contribution in [-0.4, -0.2) is 67.0 Å². The summed E-state index contributed by atoms with van der Waals surface area (Å²) in [6, 6.07) is 5.34. The molecular formula is C20H26FN3O3. The average Bonchev–Trinajstić information content (AvgIpc) is 2.66. The van der Waals surface area contributed by atoms with Crippen LogP contribution in [0, 0.1) is 5.82 Å². The molecule has 3 rings (SSSR count). The zero-order valence-corrected chi connectivity index (χ0v) is 15.6. The maximum Gasteiger partial charge on any atom is 0.251 e. The molecule has 7 heteroatoms. The van der Waals surface area contributed by atoms with Crippen LogP contribution < -0.4 is 5.32 Å². The molecule has 2 aliphatic heterocycles. The van der Waals surface area contributed by atoms with Crippen molar-refractivity contribution in [3.63, 3.8) is 0 Å². The second kappa shape index (κ2) is 8.63. The highest BCUT2D eigenvalue weighted by Gasteiger charge is 2.40. The van der Waals surface area contributed by atoms with Gasteiger partial charge in [-0.1, -0.05) is 18.2 Å². The molecule has 1 aromatic carbocycles. The van der Waals surface area contributed by atoms with Crippen molar-refractivity contribution >= 4 is 11.8 Å². The Balaban J connectivity index is 1.69. The Morgan fingerprint density at radius 2 is 2.00 bits per heavy atom. The lowest BCUT2D eigenvalue weighted by Crippen LogP contribution is -2.55. The Labute approximate surface area is 159 Å². The fourth-order valence-corrected chi connectivity index (χ4v) is 3.72. The van der Waals surface area contributed by atoms with Gasteiger partial charge in [0.05, 0.1) is 6.04 Å². The monoisotopic (exact) mass is 375 g/mol. The van der Waals surface area contributed by atoms with Crippen LogP contribution in [0.25, 0.3) is 0 Å². The third-order valence-corrected chi connectivity index (χ3v) is 5.27. The van der Waals surface area contributed by atoms with Gasteiger partial charge in [-0.05, 0) is 30.5 Å². The van der Waals surface area contributed by atoms with Gasteiger partial charge >= 0.3 is 0 Å². The molecule has 146 valence electrons. The summed E-state index contributed by atoms with van der Waals surface area (Å²) in [6.45, 7) is 6.28. The zero-order chi connectivity index (χ0) is 19.4. The first kappa shape index (κ1) is 19.5. The number of piperidine rings is 1. The van der Waals surface area contributed by atoms with Crippen LogP contribution in [0.2, 0.25) is 0 Å². The standard InChI is InChI=1S/C20H26FN3O3/c1-3-10-24-11-8-16(9-12-24)22-20(26)19-18(23(2)17(25)13-27-19)14-4-6-15(21)7-5-14/h3-7,16,18-19H,1,8-13H2,2H3,(H,22,26)/t18-,19-/m1/s1. The molecule has 27 heavy (non-hydrogen) atoms. The van der Waals surface area contributed by atoms with E-state index < -0.39 is 12.1 Å². The summed E-state index contributed by atoms with van der Waals surface area (Å²) in [5.74, 6) is -0.798. The molecule has 2 amide bonds. The van der Waals surface area contributed by atoms with Gasteiger partial charge in [-0.15, -0.1) is 6.58 Å². The van der Waals surface area contributed by atoms with Gasteiger partial charge in [0.1, 0.15) is 12.4 Å². The molecule has 2 heterocycles. The summed E-state index contributed by atoms with van der Waals surface area (Å²) >= 11 is 0. The van der Waals surface area contributed by atoms with Crippen LogP contribution in [0.3, 0.4) is 0 Å². The zero-order valence-electron chi connectivity index (χ0n) is 15.6. The molecular weight excluding hydrogens is 349 g/mol. The van der Waals surface area contributed by atoms with Gasteiger partial charge in [0.15, 0.2) is 6.10 Å². The van der Waals surface area contributed by atoms with Gasteiger partial charge in [-0.3, -0.25) is 14.5 Å². The number of nitrogens with one attached hydrogen (secondary N) is 1. The van der Waals surface area contributed by atoms with E-state index >= 15 is 0 Å². The normalized spacial score (nSPS) is 24.7. The first-order valence-corrected chi connectivity index (χ1v) is 9.26. The van der Waals surface area contributed by atoms with Crippen LogP contribution in [-0.2, 0) is 14.3 Å². The third-order valence-electron chi connectivity index (χ3n) is 5.27. The lowest BCUT2D eigenvalue weighted by atomic mass is 9.96. The number of morpholine rings is 1. The fraction of sp³-hybridized carbons (Fsp3) is 0.500. The highest BCUT2D eigenvalue weighted by atomic mass is 19.1. The molecule has 0 saturated carbocycles. The number of halogens is 1. The van der Waals surface area contributed by atoms with E-state index in [1.165, 1.54) is 17.0 Å². The molecule has 2 saturated heterocycles. The predicted octanol–water partition coefficient (Wildman–Crippen LogP) is 1.49. The number of likely N-dealkylation sites (N-methyl/N-ethyl adjacent to an activating group) is 1. The molecule has 1 N–H and O–H groups in total. The molecule has 0 aromatic heterocycles. The molecule has 0 spiro atoms. The number of carbonyl (C=O) groups excluding carboxylic acids is 2. The number of hydrogen-bond donors (Lipinski definition) is 1. The molecule has 1 aromatic rings. The molecule has 0 unspecified atom stereocenters. The van der Waals surface area contributed by atoms with E-state index in [-0.39, 0.29) is 30.3 Å². The van der Waals surface area contributed by atoms with Crippen LogP contribution in [0.1, 0.15) is 24.4 Å². The summed E-state index contributed by atoms with van der Waals surface area (Å²) in [4.78, 5) is 28.8. The summed E-state index contributed by atoms with van der Waals surface area (Å²) < 4.78 is 18.9. The molecule has 0 aliphatic carbocycles. The van der Waals surface area contributed by atoms with E-state index in [1.807, 2.05) is 6.08 Å². The third kappa shape index (κ3) is 4.54. The van der Waals surface area contributed by atoms with Crippen molar-refractivity contribution < 1.29 is 18.7 Å². The smallest absolute Gasteiger partial charge is 0.251 e. The van der Waals surface area contributed by atoms with Crippen molar-refractivity contribution in [1.82, 2.24) is 15.1 Å². The van der Waals surface area contributed by atoms with Crippen LogP contribution in [0.5, 0.6) is 0 Å². The minimum Gasteiger partial charge on any atom is -0.356 e. The molecule has 2 fully saturated rings. The molecule has 2 aliphatic rings. The van der Waals surface area contributed by atoms with Crippen LogP contribution in [0.4, 0.5) is 4.39 Å². The Hall–Kier alpha value is -2.25. The minimum atomic E-state index is -0.815. The number of nitrogens with zero attached hydrogens (tertiary/aromatic N) is 2. The molecule has 0 bridgehead atoms. The maximum absolute atomic E-state index is 13.3.